The standard InChI is InChI=1S/C39H76O19/c1-3-38(2)39(41)58-37-36-57-35-34-56-33-32-55-31-30-54-29-28-53-27-26-52-25-24-51-23-22-50-21-20-49-19-18-48-17-16-47-15-14-46-13-12-45-11-10-44-9-8-43-7-6-42-5-4-40/h3,40H,4-37H2,1-2H3. The summed E-state index contributed by atoms with van der Waals surface area (Å²) >= 11 is 0. The molecule has 1 N–H and O–H groups in total. The number of esters is 1. The van der Waals surface area contributed by atoms with E-state index in [2.05, 4.69) is 0 Å². The van der Waals surface area contributed by atoms with Gasteiger partial charge >= 0.3 is 5.97 Å². The zero-order chi connectivity index (χ0) is 41.9. The summed E-state index contributed by atoms with van der Waals surface area (Å²) in [6.07, 6.45) is 1.71. The molecule has 0 saturated heterocycles. The Morgan fingerprint density at radius 1 is 0.310 bits per heavy atom. The topological polar surface area (TPSA) is 194 Å². The van der Waals surface area contributed by atoms with Crippen molar-refractivity contribution in [3.63, 3.8) is 0 Å². The molecule has 0 bridgehead atoms. The minimum absolute atomic E-state index is 0.0196. The van der Waals surface area contributed by atoms with Crippen LogP contribution in [0.25, 0.3) is 0 Å². The highest BCUT2D eigenvalue weighted by Crippen LogP contribution is 1.95. The maximum atomic E-state index is 11.5. The number of carbonyl (C=O) groups is 1. The maximum Gasteiger partial charge on any atom is 0.333 e. The van der Waals surface area contributed by atoms with E-state index in [9.17, 15) is 4.79 Å². The molecule has 19 nitrogen and oxygen atoms in total. The second-order valence-electron chi connectivity index (χ2n) is 11.6. The Kier molecular flexibility index (Phi) is 50.4. The van der Waals surface area contributed by atoms with Gasteiger partial charge in [-0.2, -0.15) is 0 Å². The van der Waals surface area contributed by atoms with Crippen LogP contribution in [0.1, 0.15) is 13.8 Å². The third-order valence-electron chi connectivity index (χ3n) is 7.03. The molecule has 0 unspecified atom stereocenters. The number of carbonyl (C=O) groups excluding carboxylic acids is 1. The van der Waals surface area contributed by atoms with E-state index in [0.29, 0.717) is 217 Å². The van der Waals surface area contributed by atoms with Gasteiger partial charge in [0.2, 0.25) is 0 Å². The summed E-state index contributed by atoms with van der Waals surface area (Å²) in [5, 5.41) is 8.59. The van der Waals surface area contributed by atoms with Crippen molar-refractivity contribution in [2.45, 2.75) is 13.8 Å². The van der Waals surface area contributed by atoms with Gasteiger partial charge in [-0.15, -0.1) is 0 Å². The molecule has 0 aliphatic rings. The molecule has 0 amide bonds. The first-order valence-corrected chi connectivity index (χ1v) is 20.4. The molecule has 0 radical (unpaired) electrons. The molecule has 0 aliphatic heterocycles. The highest BCUT2D eigenvalue weighted by molar-refractivity contribution is 5.87. The smallest absolute Gasteiger partial charge is 0.333 e. The van der Waals surface area contributed by atoms with Gasteiger partial charge in [0.25, 0.3) is 0 Å². The predicted molar refractivity (Wildman–Crippen MR) is 211 cm³/mol. The van der Waals surface area contributed by atoms with Crippen molar-refractivity contribution in [1.29, 1.82) is 0 Å². The molecular weight excluding hydrogens is 772 g/mol. The first-order valence-electron chi connectivity index (χ1n) is 20.4. The molecular formula is C39H76O19. The molecule has 19 heteroatoms. The van der Waals surface area contributed by atoms with Crippen LogP contribution in [0, 0.1) is 0 Å². The number of aliphatic hydroxyl groups excluding tert-OH is 1. The molecule has 0 fully saturated rings. The second-order valence-corrected chi connectivity index (χ2v) is 11.6. The van der Waals surface area contributed by atoms with Crippen molar-refractivity contribution in [2.24, 2.45) is 0 Å². The molecule has 0 aromatic heterocycles. The summed E-state index contributed by atoms with van der Waals surface area (Å²) in [7, 11) is 0. The molecule has 0 aliphatic carbocycles. The van der Waals surface area contributed by atoms with Gasteiger partial charge in [-0.25, -0.2) is 4.79 Å². The van der Waals surface area contributed by atoms with Gasteiger partial charge < -0.3 is 85.6 Å². The lowest BCUT2D eigenvalue weighted by molar-refractivity contribution is -0.140. The Bertz CT molecular complexity index is 826. The van der Waals surface area contributed by atoms with Crippen molar-refractivity contribution in [3.8, 4) is 0 Å². The van der Waals surface area contributed by atoms with Crippen LogP contribution < -0.4 is 0 Å². The van der Waals surface area contributed by atoms with Gasteiger partial charge in [-0.1, -0.05) is 6.08 Å². The lowest BCUT2D eigenvalue weighted by atomic mass is 10.3. The van der Waals surface area contributed by atoms with Crippen molar-refractivity contribution in [1.82, 2.24) is 0 Å². The van der Waals surface area contributed by atoms with Crippen LogP contribution in [-0.4, -0.2) is 236 Å². The van der Waals surface area contributed by atoms with Crippen LogP contribution in [0.15, 0.2) is 11.6 Å². The molecule has 58 heavy (non-hydrogen) atoms. The summed E-state index contributed by atoms with van der Waals surface area (Å²) in [5.74, 6) is -0.327. The second kappa shape index (κ2) is 51.7. The molecule has 0 aromatic carbocycles. The highest BCUT2D eigenvalue weighted by Gasteiger charge is 2.03. The lowest BCUT2D eigenvalue weighted by Gasteiger charge is -2.09. The van der Waals surface area contributed by atoms with Crippen LogP contribution in [0.4, 0.5) is 0 Å². The Morgan fingerprint density at radius 2 is 0.466 bits per heavy atom. The van der Waals surface area contributed by atoms with Crippen molar-refractivity contribution >= 4 is 5.97 Å². The zero-order valence-electron chi connectivity index (χ0n) is 35.4. The summed E-state index contributed by atoms with van der Waals surface area (Å²) in [6, 6.07) is 0. The number of hydrogen-bond donors (Lipinski definition) is 1. The van der Waals surface area contributed by atoms with E-state index in [0.717, 1.165) is 0 Å². The molecule has 0 spiro atoms. The minimum Gasteiger partial charge on any atom is -0.460 e. The summed E-state index contributed by atoms with van der Waals surface area (Å²) in [6.45, 7) is 18.9. The highest BCUT2D eigenvalue weighted by atomic mass is 16.6. The normalized spacial score (nSPS) is 11.9. The number of aliphatic hydroxyl groups is 1. The van der Waals surface area contributed by atoms with Crippen molar-refractivity contribution in [2.75, 3.05) is 225 Å². The number of ether oxygens (including phenoxy) is 17. The third kappa shape index (κ3) is 48.9. The van der Waals surface area contributed by atoms with E-state index in [1.807, 2.05) is 0 Å². The first kappa shape index (κ1) is 56.5. The molecule has 0 saturated carbocycles. The van der Waals surface area contributed by atoms with E-state index in [1.165, 1.54) is 0 Å². The van der Waals surface area contributed by atoms with Crippen LogP contribution >= 0.6 is 0 Å². The zero-order valence-corrected chi connectivity index (χ0v) is 35.4. The first-order chi connectivity index (χ1) is 28.7. The molecule has 0 heterocycles. The van der Waals surface area contributed by atoms with E-state index in [-0.39, 0.29) is 19.2 Å². The summed E-state index contributed by atoms with van der Waals surface area (Å²) in [5.41, 5.74) is 0.579. The Hall–Kier alpha value is -1.47. The fourth-order valence-electron chi connectivity index (χ4n) is 3.89. The van der Waals surface area contributed by atoms with Gasteiger partial charge in [0, 0.05) is 5.57 Å². The van der Waals surface area contributed by atoms with Gasteiger partial charge in [-0.05, 0) is 13.8 Å². The maximum absolute atomic E-state index is 11.5. The third-order valence-corrected chi connectivity index (χ3v) is 7.03. The number of allylic oxidation sites excluding steroid dienone is 1. The van der Waals surface area contributed by atoms with Gasteiger partial charge in [0.1, 0.15) is 6.61 Å². The Labute approximate surface area is 346 Å². The van der Waals surface area contributed by atoms with Crippen LogP contribution in [0.3, 0.4) is 0 Å². The monoisotopic (exact) mass is 848 g/mol. The van der Waals surface area contributed by atoms with Crippen molar-refractivity contribution in [3.05, 3.63) is 11.6 Å². The summed E-state index contributed by atoms with van der Waals surface area (Å²) < 4.78 is 91.9. The predicted octanol–water partition coefficient (Wildman–Crippen LogP) is 0.754. The Balaban J connectivity index is 3.08. The fourth-order valence-corrected chi connectivity index (χ4v) is 3.89. The summed E-state index contributed by atoms with van der Waals surface area (Å²) in [4.78, 5) is 11.5. The lowest BCUT2D eigenvalue weighted by Crippen LogP contribution is -2.16. The van der Waals surface area contributed by atoms with Gasteiger partial charge in [-0.3, -0.25) is 0 Å². The molecule has 0 aromatic rings. The van der Waals surface area contributed by atoms with E-state index in [1.54, 1.807) is 19.9 Å². The van der Waals surface area contributed by atoms with E-state index in [4.69, 9.17) is 85.6 Å². The largest absolute Gasteiger partial charge is 0.460 e. The SMILES string of the molecule is CC=C(C)C(=O)OCCOCCOCCOCCOCCOCCOCCOCCOCCOCCOCCOCCOCCOCCOCCOCCOCCO. The van der Waals surface area contributed by atoms with Crippen LogP contribution in [0.2, 0.25) is 0 Å². The molecule has 346 valence electrons. The Morgan fingerprint density at radius 3 is 0.621 bits per heavy atom. The number of rotatable bonds is 51. The average Bonchev–Trinajstić information content (AvgIpc) is 3.23. The van der Waals surface area contributed by atoms with Gasteiger partial charge in [0.15, 0.2) is 0 Å². The molecule has 0 atom stereocenters. The average molecular weight is 849 g/mol. The van der Waals surface area contributed by atoms with Crippen LogP contribution in [-0.2, 0) is 85.3 Å². The van der Waals surface area contributed by atoms with E-state index < -0.39 is 0 Å². The fraction of sp³-hybridized carbons (Fsp3) is 0.923. The van der Waals surface area contributed by atoms with E-state index >= 15 is 0 Å². The minimum atomic E-state index is -0.327. The molecule has 0 rings (SSSR count). The van der Waals surface area contributed by atoms with Gasteiger partial charge in [0.05, 0.1) is 218 Å². The number of hydrogen-bond acceptors (Lipinski definition) is 19. The quantitative estimate of drug-likeness (QED) is 0.0512. The van der Waals surface area contributed by atoms with Crippen LogP contribution in [0.5, 0.6) is 0 Å². The van der Waals surface area contributed by atoms with Crippen molar-refractivity contribution < 1.29 is 90.4 Å².